The molecule has 0 fully saturated rings. The molecule has 4 rings (SSSR count). The number of hydrogen-bond donors (Lipinski definition) is 2. The number of amides is 2. The van der Waals surface area contributed by atoms with Crippen LogP contribution in [-0.4, -0.2) is 52.3 Å². The van der Waals surface area contributed by atoms with Gasteiger partial charge in [-0.15, -0.1) is 11.3 Å². The summed E-state index contributed by atoms with van der Waals surface area (Å²) < 4.78 is 14.0. The fourth-order valence-corrected chi connectivity index (χ4v) is 5.26. The molecule has 1 aliphatic heterocycles. The van der Waals surface area contributed by atoms with Crippen molar-refractivity contribution >= 4 is 45.0 Å². The number of aliphatic carboxylic acids is 1. The second kappa shape index (κ2) is 9.72. The number of fused-ring (bicyclic) bond motifs is 2. The van der Waals surface area contributed by atoms with E-state index in [9.17, 15) is 23.6 Å². The zero-order valence-electron chi connectivity index (χ0n) is 18.4. The number of halogens is 1. The highest BCUT2D eigenvalue weighted by Crippen LogP contribution is 2.36. The molecule has 0 saturated carbocycles. The largest absolute Gasteiger partial charge is 0.481 e. The number of carboxylic acids is 1. The number of Topliss-reactive ketones (excluding diaryl/α,β-unsaturated/α-hetero) is 1. The van der Waals surface area contributed by atoms with Gasteiger partial charge in [0.05, 0.1) is 6.42 Å². The highest BCUT2D eigenvalue weighted by atomic mass is 32.1. The van der Waals surface area contributed by atoms with Crippen molar-refractivity contribution in [2.45, 2.75) is 38.4 Å². The molecule has 1 aliphatic rings. The second-order valence-electron chi connectivity index (χ2n) is 8.13. The van der Waals surface area contributed by atoms with Crippen LogP contribution in [0.15, 0.2) is 47.8 Å². The van der Waals surface area contributed by atoms with E-state index >= 15 is 0 Å². The number of alkyl halides is 1. The Morgan fingerprint density at radius 3 is 2.65 bits per heavy atom. The van der Waals surface area contributed by atoms with E-state index in [1.807, 2.05) is 24.3 Å². The Kier molecular flexibility index (Phi) is 6.74. The molecule has 34 heavy (non-hydrogen) atoms. The third kappa shape index (κ3) is 4.43. The number of rotatable bonds is 9. The molecule has 0 bridgehead atoms. The molecule has 0 radical (unpaired) electrons. The SMILES string of the molecule is CC[C@@H](C(=O)NC(CC(=O)O)C(=O)CF)N1Cc2cc(-c3csc4ccccc34)ccc2C1=O. The van der Waals surface area contributed by atoms with Crippen molar-refractivity contribution in [2.24, 2.45) is 0 Å². The molecule has 1 unspecified atom stereocenters. The van der Waals surface area contributed by atoms with Crippen LogP contribution in [-0.2, 0) is 20.9 Å². The van der Waals surface area contributed by atoms with E-state index in [2.05, 4.69) is 22.8 Å². The molecule has 2 heterocycles. The highest BCUT2D eigenvalue weighted by Gasteiger charge is 2.37. The maximum Gasteiger partial charge on any atom is 0.305 e. The lowest BCUT2D eigenvalue weighted by Gasteiger charge is -2.27. The normalized spacial score (nSPS) is 14.6. The maximum atomic E-state index is 13.1. The summed E-state index contributed by atoms with van der Waals surface area (Å²) in [6.07, 6.45) is -0.478. The van der Waals surface area contributed by atoms with Crippen molar-refractivity contribution in [1.29, 1.82) is 0 Å². The van der Waals surface area contributed by atoms with Gasteiger partial charge < -0.3 is 15.3 Å². The van der Waals surface area contributed by atoms with Crippen LogP contribution in [0.4, 0.5) is 4.39 Å². The Labute approximate surface area is 199 Å². The summed E-state index contributed by atoms with van der Waals surface area (Å²) in [5.74, 6) is -3.35. The van der Waals surface area contributed by atoms with Crippen LogP contribution in [0.5, 0.6) is 0 Å². The van der Waals surface area contributed by atoms with E-state index in [-0.39, 0.29) is 18.9 Å². The van der Waals surface area contributed by atoms with Gasteiger partial charge in [0.1, 0.15) is 18.8 Å². The number of carbonyl (C=O) groups excluding carboxylic acids is 3. The van der Waals surface area contributed by atoms with Crippen LogP contribution < -0.4 is 5.32 Å². The van der Waals surface area contributed by atoms with Crippen LogP contribution in [0.3, 0.4) is 0 Å². The van der Waals surface area contributed by atoms with Gasteiger partial charge in [-0.1, -0.05) is 31.2 Å². The van der Waals surface area contributed by atoms with Gasteiger partial charge in [0.15, 0.2) is 5.78 Å². The predicted molar refractivity (Wildman–Crippen MR) is 126 cm³/mol. The minimum absolute atomic E-state index is 0.205. The number of carbonyl (C=O) groups is 4. The van der Waals surface area contributed by atoms with Crippen molar-refractivity contribution in [1.82, 2.24) is 10.2 Å². The first-order chi connectivity index (χ1) is 16.3. The third-order valence-corrected chi connectivity index (χ3v) is 6.97. The summed E-state index contributed by atoms with van der Waals surface area (Å²) in [7, 11) is 0. The molecule has 2 N–H and O–H groups in total. The lowest BCUT2D eigenvalue weighted by molar-refractivity contribution is -0.140. The molecule has 7 nitrogen and oxygen atoms in total. The van der Waals surface area contributed by atoms with Crippen molar-refractivity contribution in [3.63, 3.8) is 0 Å². The first-order valence-electron chi connectivity index (χ1n) is 10.8. The van der Waals surface area contributed by atoms with Crippen molar-refractivity contribution in [3.8, 4) is 11.1 Å². The van der Waals surface area contributed by atoms with E-state index in [4.69, 9.17) is 5.11 Å². The van der Waals surface area contributed by atoms with E-state index in [1.165, 1.54) is 4.90 Å². The first-order valence-corrected chi connectivity index (χ1v) is 11.7. The molecule has 0 aliphatic carbocycles. The van der Waals surface area contributed by atoms with Gasteiger partial charge in [-0.05, 0) is 41.1 Å². The minimum Gasteiger partial charge on any atom is -0.481 e. The molecule has 2 amide bonds. The average molecular weight is 483 g/mol. The zero-order valence-corrected chi connectivity index (χ0v) is 19.2. The summed E-state index contributed by atoms with van der Waals surface area (Å²) in [4.78, 5) is 50.2. The van der Waals surface area contributed by atoms with Crippen molar-refractivity contribution in [2.75, 3.05) is 6.67 Å². The lowest BCUT2D eigenvalue weighted by Crippen LogP contribution is -2.52. The Bertz CT molecular complexity index is 1290. The molecule has 2 atom stereocenters. The van der Waals surface area contributed by atoms with Crippen LogP contribution >= 0.6 is 11.3 Å². The molecule has 176 valence electrons. The van der Waals surface area contributed by atoms with Crippen LogP contribution in [0.2, 0.25) is 0 Å². The maximum absolute atomic E-state index is 13.1. The fourth-order valence-electron chi connectivity index (χ4n) is 4.29. The molecule has 0 saturated heterocycles. The number of ketones is 1. The number of carboxylic acid groups (broad SMARTS) is 1. The van der Waals surface area contributed by atoms with Crippen LogP contribution in [0, 0.1) is 0 Å². The summed E-state index contributed by atoms with van der Waals surface area (Å²) in [5, 5.41) is 14.5. The minimum atomic E-state index is -1.48. The van der Waals surface area contributed by atoms with Crippen LogP contribution in [0.25, 0.3) is 21.2 Å². The van der Waals surface area contributed by atoms with E-state index in [1.54, 1.807) is 24.3 Å². The molecule has 0 spiro atoms. The third-order valence-electron chi connectivity index (χ3n) is 6.01. The second-order valence-corrected chi connectivity index (χ2v) is 9.04. The topological polar surface area (TPSA) is 104 Å². The van der Waals surface area contributed by atoms with Gasteiger partial charge in [0.25, 0.3) is 5.91 Å². The lowest BCUT2D eigenvalue weighted by atomic mass is 10.00. The zero-order chi connectivity index (χ0) is 24.4. The summed E-state index contributed by atoms with van der Waals surface area (Å²) in [6.45, 7) is 0.534. The van der Waals surface area contributed by atoms with Gasteiger partial charge in [0.2, 0.25) is 5.91 Å². The van der Waals surface area contributed by atoms with Gasteiger partial charge in [-0.3, -0.25) is 19.2 Å². The quantitative estimate of drug-likeness (QED) is 0.483. The van der Waals surface area contributed by atoms with E-state index in [0.717, 1.165) is 26.8 Å². The van der Waals surface area contributed by atoms with E-state index in [0.29, 0.717) is 5.56 Å². The van der Waals surface area contributed by atoms with Crippen LogP contribution in [0.1, 0.15) is 35.7 Å². The molecular weight excluding hydrogens is 459 g/mol. The summed E-state index contributed by atoms with van der Waals surface area (Å²) in [5.41, 5.74) is 3.32. The number of nitrogens with zero attached hydrogens (tertiary/aromatic N) is 1. The highest BCUT2D eigenvalue weighted by molar-refractivity contribution is 7.17. The molecule has 2 aromatic carbocycles. The Balaban J connectivity index is 1.57. The molecule has 9 heteroatoms. The number of thiophene rings is 1. The van der Waals surface area contributed by atoms with Crippen molar-refractivity contribution < 1.29 is 28.7 Å². The fraction of sp³-hybridized carbons (Fsp3) is 0.280. The molecule has 1 aromatic heterocycles. The first kappa shape index (κ1) is 23.6. The number of hydrogen-bond acceptors (Lipinski definition) is 5. The Morgan fingerprint density at radius 2 is 1.94 bits per heavy atom. The van der Waals surface area contributed by atoms with Gasteiger partial charge in [-0.2, -0.15) is 0 Å². The smallest absolute Gasteiger partial charge is 0.305 e. The average Bonchev–Trinajstić information content (AvgIpc) is 3.39. The van der Waals surface area contributed by atoms with Gasteiger partial charge in [0, 0.05) is 27.8 Å². The standard InChI is InChI=1S/C25H23FN2O5S/c1-2-20(24(32)27-19(10-23(30)31)21(29)11-26)28-12-15-9-14(7-8-16(15)25(28)33)18-13-34-22-6-4-3-5-17(18)22/h3-9,13,19-20H,2,10-12H2,1H3,(H,27,32)(H,30,31)/t19?,20-/m0/s1. The predicted octanol–water partition coefficient (Wildman–Crippen LogP) is 3.80. The Morgan fingerprint density at radius 1 is 1.18 bits per heavy atom. The molecule has 3 aromatic rings. The van der Waals surface area contributed by atoms with Crippen molar-refractivity contribution in [3.05, 3.63) is 59.0 Å². The van der Waals surface area contributed by atoms with Gasteiger partial charge >= 0.3 is 5.97 Å². The van der Waals surface area contributed by atoms with Gasteiger partial charge in [-0.25, -0.2) is 4.39 Å². The number of nitrogens with one attached hydrogen (secondary N) is 1. The molecular formula is C25H23FN2O5S. The number of benzene rings is 2. The Hall–Kier alpha value is -3.59. The summed E-state index contributed by atoms with van der Waals surface area (Å²) >= 11 is 1.64. The summed E-state index contributed by atoms with van der Waals surface area (Å²) in [6, 6.07) is 11.3. The monoisotopic (exact) mass is 482 g/mol. The van der Waals surface area contributed by atoms with E-state index < -0.39 is 42.8 Å².